The minimum Gasteiger partial charge on any atom is -0.262 e. The molecule has 3 aliphatic rings. The van der Waals surface area contributed by atoms with E-state index in [4.69, 9.17) is 39.9 Å². The smallest absolute Gasteiger partial charge is 0.262 e. The highest BCUT2D eigenvalue weighted by Gasteiger charge is 2.42. The summed E-state index contributed by atoms with van der Waals surface area (Å²) in [6.07, 6.45) is 3.51. The fourth-order valence-corrected chi connectivity index (χ4v) is 5.59. The van der Waals surface area contributed by atoms with Gasteiger partial charge in [0.25, 0.3) is 0 Å². The molecule has 3 aromatic rings. The van der Waals surface area contributed by atoms with E-state index in [1.807, 2.05) is 37.3 Å². The van der Waals surface area contributed by atoms with E-state index >= 15 is 0 Å². The van der Waals surface area contributed by atoms with Crippen molar-refractivity contribution in [1.82, 2.24) is 15.2 Å². The Kier molecular flexibility index (Phi) is 5.70. The fourth-order valence-electron chi connectivity index (χ4n) is 4.98. The van der Waals surface area contributed by atoms with E-state index in [1.54, 1.807) is 16.8 Å². The molecule has 0 aliphatic carbocycles. The Morgan fingerprint density at radius 3 is 2.25 bits per heavy atom. The molecule has 2 bridgehead atoms. The molecule has 1 N–H and O–H groups in total. The van der Waals surface area contributed by atoms with Gasteiger partial charge in [-0.25, -0.2) is 9.27 Å². The number of hydrogen-bond donors (Lipinski definition) is 1. The molecule has 6 rings (SSSR count). The van der Waals surface area contributed by atoms with Gasteiger partial charge in [-0.05, 0) is 43.2 Å². The van der Waals surface area contributed by atoms with Crippen molar-refractivity contribution in [1.29, 1.82) is 0 Å². The van der Waals surface area contributed by atoms with Crippen LogP contribution in [-0.4, -0.2) is 39.9 Å². The number of rotatable bonds is 4. The fraction of sp³-hybridized carbons (Fsp3) is 0.333. The lowest BCUT2D eigenvalue weighted by atomic mass is 9.87. The molecule has 166 valence electrons. The summed E-state index contributed by atoms with van der Waals surface area (Å²) in [4.78, 5) is 13.5. The highest BCUT2D eigenvalue weighted by Crippen LogP contribution is 2.35. The zero-order valence-electron chi connectivity index (χ0n) is 17.7. The van der Waals surface area contributed by atoms with E-state index in [-0.39, 0.29) is 5.91 Å². The maximum absolute atomic E-state index is 13.5. The predicted octanol–water partition coefficient (Wildman–Crippen LogP) is 6.08. The van der Waals surface area contributed by atoms with Gasteiger partial charge in [0.1, 0.15) is 19.6 Å². The van der Waals surface area contributed by atoms with Crippen LogP contribution in [0, 0.1) is 12.8 Å². The summed E-state index contributed by atoms with van der Waals surface area (Å²) in [7, 11) is 0. The second-order valence-corrected chi connectivity index (χ2v) is 10.1. The number of carbonyl (C=O) groups is 1. The van der Waals surface area contributed by atoms with E-state index in [2.05, 4.69) is 5.43 Å². The third-order valence-electron chi connectivity index (χ3n) is 6.83. The highest BCUT2D eigenvalue weighted by atomic mass is 35.5. The standard InChI is InChI=1S/C24H23Cl3N4O/c1-15-22(24(32)29-31-11-8-16(9-12-31)10-13-31)28-30(21-7-6-19(26)14-20(21)27)23(15)17-2-4-18(25)5-3-17/h2-7,14,16H,8-13H2,1H3/p+1. The van der Waals surface area contributed by atoms with E-state index < -0.39 is 0 Å². The summed E-state index contributed by atoms with van der Waals surface area (Å²) in [6, 6.07) is 12.8. The number of amides is 1. The normalized spacial score (nSPS) is 22.2. The highest BCUT2D eigenvalue weighted by molar-refractivity contribution is 6.35. The van der Waals surface area contributed by atoms with Crippen LogP contribution >= 0.6 is 34.8 Å². The summed E-state index contributed by atoms with van der Waals surface area (Å²) in [6.45, 7) is 4.89. The molecule has 3 fully saturated rings. The number of benzene rings is 2. The van der Waals surface area contributed by atoms with Crippen LogP contribution in [0.5, 0.6) is 0 Å². The maximum atomic E-state index is 13.5. The van der Waals surface area contributed by atoms with Gasteiger partial charge in [-0.15, -0.1) is 0 Å². The zero-order valence-corrected chi connectivity index (χ0v) is 20.0. The van der Waals surface area contributed by atoms with Crippen molar-refractivity contribution < 1.29 is 9.39 Å². The molecule has 1 aromatic heterocycles. The average molecular weight is 491 g/mol. The molecule has 32 heavy (non-hydrogen) atoms. The van der Waals surface area contributed by atoms with Gasteiger partial charge in [0.15, 0.2) is 5.69 Å². The number of fused-ring (bicyclic) bond motifs is 3. The molecule has 0 radical (unpaired) electrons. The van der Waals surface area contributed by atoms with Crippen LogP contribution in [-0.2, 0) is 0 Å². The summed E-state index contributed by atoms with van der Waals surface area (Å²) in [5.74, 6) is 0.665. The Bertz CT molecular complexity index is 1170. The number of hydrogen-bond acceptors (Lipinski definition) is 2. The molecule has 2 aromatic carbocycles. The molecular weight excluding hydrogens is 467 g/mol. The number of halogens is 3. The van der Waals surface area contributed by atoms with Crippen LogP contribution in [0.15, 0.2) is 42.5 Å². The van der Waals surface area contributed by atoms with Crippen LogP contribution in [0.25, 0.3) is 16.9 Å². The molecule has 4 heterocycles. The second-order valence-electron chi connectivity index (χ2n) is 8.83. The van der Waals surface area contributed by atoms with Gasteiger partial charge in [-0.3, -0.25) is 4.79 Å². The molecule has 1 amide bonds. The van der Waals surface area contributed by atoms with Crippen LogP contribution in [0.1, 0.15) is 35.3 Å². The molecular formula is C24H24Cl3N4O+. The first-order chi connectivity index (χ1) is 15.3. The maximum Gasteiger partial charge on any atom is 0.316 e. The van der Waals surface area contributed by atoms with Gasteiger partial charge in [0, 0.05) is 40.4 Å². The van der Waals surface area contributed by atoms with Crippen LogP contribution in [0.2, 0.25) is 15.1 Å². The van der Waals surface area contributed by atoms with Gasteiger partial charge in [0.2, 0.25) is 0 Å². The summed E-state index contributed by atoms with van der Waals surface area (Å²) in [5, 5.41) is 6.39. The first-order valence-electron chi connectivity index (χ1n) is 10.8. The summed E-state index contributed by atoms with van der Waals surface area (Å²) < 4.78 is 2.38. The van der Waals surface area contributed by atoms with Crippen LogP contribution in [0.4, 0.5) is 0 Å². The largest absolute Gasteiger partial charge is 0.316 e. The Hall–Kier alpha value is -2.05. The Morgan fingerprint density at radius 2 is 1.62 bits per heavy atom. The molecule has 0 spiro atoms. The quantitative estimate of drug-likeness (QED) is 0.450. The summed E-state index contributed by atoms with van der Waals surface area (Å²) in [5.41, 5.74) is 6.86. The van der Waals surface area contributed by atoms with Gasteiger partial charge >= 0.3 is 5.91 Å². The van der Waals surface area contributed by atoms with E-state index in [0.717, 1.165) is 42.4 Å². The van der Waals surface area contributed by atoms with Crippen molar-refractivity contribution in [3.63, 3.8) is 0 Å². The van der Waals surface area contributed by atoms with Crippen LogP contribution < -0.4 is 5.43 Å². The molecule has 0 saturated carbocycles. The number of aromatic nitrogens is 2. The van der Waals surface area contributed by atoms with Crippen molar-refractivity contribution in [2.24, 2.45) is 5.92 Å². The van der Waals surface area contributed by atoms with Crippen molar-refractivity contribution in [3.8, 4) is 16.9 Å². The molecule has 3 saturated heterocycles. The van der Waals surface area contributed by atoms with Crippen molar-refractivity contribution in [2.75, 3.05) is 19.6 Å². The first kappa shape index (κ1) is 21.8. The lowest BCUT2D eigenvalue weighted by Gasteiger charge is -2.47. The predicted molar refractivity (Wildman–Crippen MR) is 128 cm³/mol. The van der Waals surface area contributed by atoms with E-state index in [1.165, 1.54) is 19.3 Å². The number of quaternary nitrogens is 1. The average Bonchev–Trinajstić information content (AvgIpc) is 3.12. The number of carbonyl (C=O) groups excluding carboxylic acids is 1. The van der Waals surface area contributed by atoms with Gasteiger partial charge in [-0.1, -0.05) is 46.9 Å². The van der Waals surface area contributed by atoms with E-state index in [9.17, 15) is 4.79 Å². The monoisotopic (exact) mass is 489 g/mol. The molecule has 5 nitrogen and oxygen atoms in total. The van der Waals surface area contributed by atoms with Crippen molar-refractivity contribution >= 4 is 40.7 Å². The molecule has 3 aliphatic heterocycles. The summed E-state index contributed by atoms with van der Waals surface area (Å²) >= 11 is 18.8. The SMILES string of the molecule is Cc1c(C(=O)N[N+]23CCC(CC2)CC3)nn(-c2ccc(Cl)cc2Cl)c1-c1ccc(Cl)cc1. The first-order valence-corrected chi connectivity index (χ1v) is 12.0. The number of nitrogens with one attached hydrogen (secondary N) is 1. The van der Waals surface area contributed by atoms with Crippen molar-refractivity contribution in [2.45, 2.75) is 26.2 Å². The Morgan fingerprint density at radius 1 is 1.00 bits per heavy atom. The molecule has 0 unspecified atom stereocenters. The number of piperidine rings is 3. The zero-order chi connectivity index (χ0) is 22.5. The van der Waals surface area contributed by atoms with Gasteiger partial charge < -0.3 is 0 Å². The lowest BCUT2D eigenvalue weighted by Crippen LogP contribution is -2.66. The van der Waals surface area contributed by atoms with Crippen LogP contribution in [0.3, 0.4) is 0 Å². The molecule has 0 atom stereocenters. The second kappa shape index (κ2) is 8.38. The Balaban J connectivity index is 1.59. The molecule has 8 heteroatoms. The van der Waals surface area contributed by atoms with E-state index in [0.29, 0.717) is 31.0 Å². The van der Waals surface area contributed by atoms with Gasteiger partial charge in [-0.2, -0.15) is 10.5 Å². The lowest BCUT2D eigenvalue weighted by molar-refractivity contribution is -0.974. The minimum atomic E-state index is -0.151. The van der Waals surface area contributed by atoms with Gasteiger partial charge in [0.05, 0.1) is 16.4 Å². The number of nitrogens with zero attached hydrogens (tertiary/aromatic N) is 3. The Labute approximate surface area is 202 Å². The third kappa shape index (κ3) is 3.92. The minimum absolute atomic E-state index is 0.151. The topological polar surface area (TPSA) is 46.9 Å². The van der Waals surface area contributed by atoms with Crippen molar-refractivity contribution in [3.05, 3.63) is 68.8 Å². The third-order valence-corrected chi connectivity index (χ3v) is 7.62.